The third-order valence-electron chi connectivity index (χ3n) is 5.34. The first-order valence-electron chi connectivity index (χ1n) is 9.34. The molecular formula is C20H22ClN3O5S. The van der Waals surface area contributed by atoms with Crippen LogP contribution in [0.4, 0.5) is 17.1 Å². The summed E-state index contributed by atoms with van der Waals surface area (Å²) in [6.07, 6.45) is 9.88. The summed E-state index contributed by atoms with van der Waals surface area (Å²) in [5, 5.41) is 16.1. The molecule has 1 aliphatic rings. The molecule has 0 bridgehead atoms. The van der Waals surface area contributed by atoms with Crippen LogP contribution in [0, 0.1) is 12.3 Å². The molecule has 0 spiro atoms. The average Bonchev–Trinajstić information content (AvgIpc) is 2.72. The standard InChI is InChI=1S/C20H22ClN3O5S/c1-4-20(10-6-5-7-11-20)23-15-14(17(26)18(15)27)22-13-9-8-12(21)19(16(13)25)30(28,29)24(2)3/h1,8-9,22-23,25H,5-7,10-11H2,2-3H3. The SMILES string of the molecule is C#CC1(Nc2c(Nc3ccc(Cl)c(S(=O)(=O)N(C)C)c3O)c(=O)c2=O)CCCCC1. The van der Waals surface area contributed by atoms with E-state index in [0.717, 1.165) is 23.6 Å². The first-order chi connectivity index (χ1) is 14.0. The second-order valence-corrected chi connectivity index (χ2v) is 10.0. The van der Waals surface area contributed by atoms with Crippen LogP contribution in [-0.4, -0.2) is 37.5 Å². The number of nitrogens with one attached hydrogen (secondary N) is 2. The molecule has 0 atom stereocenters. The lowest BCUT2D eigenvalue weighted by Crippen LogP contribution is -2.45. The molecule has 10 heteroatoms. The summed E-state index contributed by atoms with van der Waals surface area (Å²) in [6.45, 7) is 0. The van der Waals surface area contributed by atoms with Gasteiger partial charge in [-0.3, -0.25) is 9.59 Å². The fraction of sp³-hybridized carbons (Fsp3) is 0.400. The van der Waals surface area contributed by atoms with Gasteiger partial charge in [0.1, 0.15) is 16.3 Å². The zero-order chi connectivity index (χ0) is 22.3. The van der Waals surface area contributed by atoms with Gasteiger partial charge in [-0.15, -0.1) is 6.42 Å². The van der Waals surface area contributed by atoms with Crippen LogP contribution in [0.25, 0.3) is 0 Å². The summed E-state index contributed by atoms with van der Waals surface area (Å²) in [4.78, 5) is 23.9. The van der Waals surface area contributed by atoms with Crippen LogP contribution in [0.15, 0.2) is 26.6 Å². The van der Waals surface area contributed by atoms with Crippen LogP contribution < -0.4 is 21.5 Å². The van der Waals surface area contributed by atoms with Gasteiger partial charge in [-0.2, -0.15) is 0 Å². The number of phenols is 1. The Kier molecular flexibility index (Phi) is 5.87. The van der Waals surface area contributed by atoms with Gasteiger partial charge in [-0.05, 0) is 25.0 Å². The highest BCUT2D eigenvalue weighted by atomic mass is 35.5. The molecular weight excluding hydrogens is 430 g/mol. The number of hydrogen-bond donors (Lipinski definition) is 3. The Morgan fingerprint density at radius 3 is 2.30 bits per heavy atom. The summed E-state index contributed by atoms with van der Waals surface area (Å²) in [7, 11) is -1.46. The summed E-state index contributed by atoms with van der Waals surface area (Å²) < 4.78 is 25.9. The van der Waals surface area contributed by atoms with Crippen molar-refractivity contribution in [2.24, 2.45) is 0 Å². The maximum atomic E-state index is 12.5. The van der Waals surface area contributed by atoms with E-state index >= 15 is 0 Å². The van der Waals surface area contributed by atoms with Gasteiger partial charge in [0.05, 0.1) is 16.2 Å². The molecule has 8 nitrogen and oxygen atoms in total. The summed E-state index contributed by atoms with van der Waals surface area (Å²) in [6, 6.07) is 2.60. The Hall–Kier alpha value is -2.54. The molecule has 3 N–H and O–H groups in total. The molecule has 3 rings (SSSR count). The number of aromatic hydroxyl groups is 1. The zero-order valence-corrected chi connectivity index (χ0v) is 18.2. The zero-order valence-electron chi connectivity index (χ0n) is 16.6. The molecule has 0 aromatic heterocycles. The number of halogens is 1. The minimum absolute atomic E-state index is 0.0335. The highest BCUT2D eigenvalue weighted by molar-refractivity contribution is 7.89. The summed E-state index contributed by atoms with van der Waals surface area (Å²) in [5.74, 6) is 2.06. The highest BCUT2D eigenvalue weighted by Crippen LogP contribution is 2.40. The van der Waals surface area contributed by atoms with Gasteiger partial charge < -0.3 is 15.7 Å². The number of anilines is 3. The molecule has 0 heterocycles. The van der Waals surface area contributed by atoms with Gasteiger partial charge in [-0.1, -0.05) is 36.8 Å². The number of sulfonamides is 1. The van der Waals surface area contributed by atoms with Crippen molar-refractivity contribution >= 4 is 38.7 Å². The third kappa shape index (κ3) is 3.67. The maximum Gasteiger partial charge on any atom is 0.253 e. The van der Waals surface area contributed by atoms with Crippen LogP contribution in [0.2, 0.25) is 5.02 Å². The maximum absolute atomic E-state index is 12.5. The van der Waals surface area contributed by atoms with E-state index in [4.69, 9.17) is 18.0 Å². The van der Waals surface area contributed by atoms with E-state index in [0.29, 0.717) is 12.8 Å². The van der Waals surface area contributed by atoms with Crippen molar-refractivity contribution < 1.29 is 13.5 Å². The lowest BCUT2D eigenvalue weighted by Gasteiger charge is -2.35. The molecule has 0 amide bonds. The van der Waals surface area contributed by atoms with E-state index in [1.165, 1.54) is 26.2 Å². The quantitative estimate of drug-likeness (QED) is 0.351. The van der Waals surface area contributed by atoms with E-state index < -0.39 is 37.1 Å². The molecule has 0 aliphatic heterocycles. The molecule has 0 radical (unpaired) electrons. The van der Waals surface area contributed by atoms with Crippen molar-refractivity contribution in [2.45, 2.75) is 42.5 Å². The Balaban J connectivity index is 2.00. The van der Waals surface area contributed by atoms with E-state index in [9.17, 15) is 23.1 Å². The fourth-order valence-electron chi connectivity index (χ4n) is 3.54. The van der Waals surface area contributed by atoms with E-state index in [1.807, 2.05) is 0 Å². The van der Waals surface area contributed by atoms with Crippen LogP contribution in [0.1, 0.15) is 32.1 Å². The summed E-state index contributed by atoms with van der Waals surface area (Å²) in [5.41, 5.74) is -2.34. The largest absolute Gasteiger partial charge is 0.504 e. The smallest absolute Gasteiger partial charge is 0.253 e. The van der Waals surface area contributed by atoms with Crippen LogP contribution in [0.5, 0.6) is 5.75 Å². The van der Waals surface area contributed by atoms with E-state index in [1.54, 1.807) is 0 Å². The molecule has 2 aromatic carbocycles. The van der Waals surface area contributed by atoms with Gasteiger partial charge in [-0.25, -0.2) is 12.7 Å². The number of benzene rings is 1. The molecule has 30 heavy (non-hydrogen) atoms. The monoisotopic (exact) mass is 451 g/mol. The highest BCUT2D eigenvalue weighted by Gasteiger charge is 2.34. The van der Waals surface area contributed by atoms with Gasteiger partial charge in [0.2, 0.25) is 10.0 Å². The number of phenolic OH excluding ortho intramolecular Hbond substituents is 1. The van der Waals surface area contributed by atoms with Gasteiger partial charge in [0.15, 0.2) is 5.75 Å². The Bertz CT molecular complexity index is 1200. The summed E-state index contributed by atoms with van der Waals surface area (Å²) >= 11 is 6.00. The number of nitrogens with zero attached hydrogens (tertiary/aromatic N) is 1. The fourth-order valence-corrected chi connectivity index (χ4v) is 5.02. The molecule has 0 unspecified atom stereocenters. The topological polar surface area (TPSA) is 116 Å². The third-order valence-corrected chi connectivity index (χ3v) is 7.66. The molecule has 2 aromatic rings. The number of hydrogen-bond acceptors (Lipinski definition) is 7. The van der Waals surface area contributed by atoms with Crippen LogP contribution in [0.3, 0.4) is 0 Å². The Labute approximate surface area is 179 Å². The van der Waals surface area contributed by atoms with E-state index in [2.05, 4.69) is 16.6 Å². The Morgan fingerprint density at radius 1 is 1.13 bits per heavy atom. The van der Waals surface area contributed by atoms with Crippen molar-refractivity contribution in [2.75, 3.05) is 24.7 Å². The van der Waals surface area contributed by atoms with Gasteiger partial charge in [0, 0.05) is 14.1 Å². The van der Waals surface area contributed by atoms with Crippen molar-refractivity contribution in [3.05, 3.63) is 37.6 Å². The van der Waals surface area contributed by atoms with Crippen LogP contribution in [-0.2, 0) is 10.0 Å². The van der Waals surface area contributed by atoms with Crippen molar-refractivity contribution in [3.63, 3.8) is 0 Å². The lowest BCUT2D eigenvalue weighted by molar-refractivity contribution is 0.396. The average molecular weight is 452 g/mol. The number of rotatable bonds is 6. The molecule has 0 saturated heterocycles. The van der Waals surface area contributed by atoms with Gasteiger partial charge in [0.25, 0.3) is 10.9 Å². The second kappa shape index (κ2) is 7.95. The normalized spacial score (nSPS) is 16.4. The van der Waals surface area contributed by atoms with Gasteiger partial charge >= 0.3 is 0 Å². The first-order valence-corrected chi connectivity index (χ1v) is 11.2. The van der Waals surface area contributed by atoms with E-state index in [-0.39, 0.29) is 22.1 Å². The minimum Gasteiger partial charge on any atom is -0.504 e. The van der Waals surface area contributed by atoms with Crippen LogP contribution >= 0.6 is 11.6 Å². The molecule has 1 aliphatic carbocycles. The molecule has 1 fully saturated rings. The second-order valence-electron chi connectivity index (χ2n) is 7.51. The Morgan fingerprint density at radius 2 is 1.73 bits per heavy atom. The molecule has 1 saturated carbocycles. The van der Waals surface area contributed by atoms with Crippen molar-refractivity contribution in [1.29, 1.82) is 0 Å². The molecule has 160 valence electrons. The lowest BCUT2D eigenvalue weighted by atomic mass is 9.82. The van der Waals surface area contributed by atoms with Crippen molar-refractivity contribution in [3.8, 4) is 18.1 Å². The predicted molar refractivity (Wildman–Crippen MR) is 117 cm³/mol. The van der Waals surface area contributed by atoms with Crippen molar-refractivity contribution in [1.82, 2.24) is 4.31 Å². The predicted octanol–water partition coefficient (Wildman–Crippen LogP) is 2.38. The number of terminal acetylenes is 1. The first kappa shape index (κ1) is 22.2. The minimum atomic E-state index is -4.06.